The van der Waals surface area contributed by atoms with Gasteiger partial charge in [0.1, 0.15) is 6.61 Å². The summed E-state index contributed by atoms with van der Waals surface area (Å²) < 4.78 is 31.9. The fourth-order valence-electron chi connectivity index (χ4n) is 5.11. The van der Waals surface area contributed by atoms with Gasteiger partial charge in [0.25, 0.3) is 0 Å². The summed E-state index contributed by atoms with van der Waals surface area (Å²) >= 11 is 0. The normalized spacial score (nSPS) is 14.3. The number of allylic oxidation sites excluding steroid dienone is 16. The first-order valence-electron chi connectivity index (χ1n) is 20.9. The zero-order chi connectivity index (χ0) is 40.3. The van der Waals surface area contributed by atoms with Crippen molar-refractivity contribution in [1.82, 2.24) is 0 Å². The summed E-state index contributed by atoms with van der Waals surface area (Å²) in [5, 5.41) is 0. The summed E-state index contributed by atoms with van der Waals surface area (Å²) in [6, 6.07) is 0. The summed E-state index contributed by atoms with van der Waals surface area (Å²) in [5.74, 6) is -0.897. The van der Waals surface area contributed by atoms with Crippen molar-refractivity contribution in [2.45, 2.75) is 161 Å². The van der Waals surface area contributed by atoms with Gasteiger partial charge in [0.05, 0.1) is 6.61 Å². The van der Waals surface area contributed by atoms with Gasteiger partial charge < -0.3 is 14.4 Å². The monoisotopic (exact) mass is 787 g/mol. The van der Waals surface area contributed by atoms with E-state index in [1.54, 1.807) is 0 Å². The maximum Gasteiger partial charge on any atom is 0.472 e. The Kier molecular flexibility index (Phi) is 38.4. The van der Waals surface area contributed by atoms with Gasteiger partial charge in [-0.05, 0) is 89.9 Å². The molecule has 0 saturated heterocycles. The van der Waals surface area contributed by atoms with Crippen LogP contribution in [0.1, 0.15) is 155 Å². The summed E-state index contributed by atoms with van der Waals surface area (Å²) in [7, 11) is -3.24. The second-order valence-corrected chi connectivity index (χ2v) is 14.9. The SMILES string of the molecule is CC/C=C\C/C=C\C/C=C\C/C=C\C/C=C\CCCC(=O)OC(COC(=O)CCCCCCCC/C=C\C/C=C\C/C=C\CCCCC)COP(=O)(O)OC. The highest BCUT2D eigenvalue weighted by molar-refractivity contribution is 7.47. The van der Waals surface area contributed by atoms with Crippen LogP contribution in [-0.4, -0.2) is 43.3 Å². The van der Waals surface area contributed by atoms with Crippen molar-refractivity contribution in [3.63, 3.8) is 0 Å². The fourth-order valence-corrected chi connectivity index (χ4v) is 5.57. The Morgan fingerprint density at radius 3 is 1.44 bits per heavy atom. The first-order chi connectivity index (χ1) is 26.8. The first-order valence-corrected chi connectivity index (χ1v) is 22.4. The molecule has 1 N–H and O–H groups in total. The molecule has 0 aliphatic carbocycles. The van der Waals surface area contributed by atoms with Gasteiger partial charge in [0, 0.05) is 20.0 Å². The van der Waals surface area contributed by atoms with E-state index in [-0.39, 0.29) is 19.4 Å². The molecule has 0 amide bonds. The molecular weight excluding hydrogens is 711 g/mol. The molecule has 0 aromatic heterocycles. The molecule has 2 atom stereocenters. The summed E-state index contributed by atoms with van der Waals surface area (Å²) in [5.41, 5.74) is 0. The molecule has 55 heavy (non-hydrogen) atoms. The lowest BCUT2D eigenvalue weighted by atomic mass is 10.1. The predicted molar refractivity (Wildman–Crippen MR) is 230 cm³/mol. The highest BCUT2D eigenvalue weighted by Gasteiger charge is 2.24. The van der Waals surface area contributed by atoms with Crippen LogP contribution in [0.4, 0.5) is 0 Å². The van der Waals surface area contributed by atoms with E-state index in [4.69, 9.17) is 14.0 Å². The highest BCUT2D eigenvalue weighted by atomic mass is 31.2. The minimum absolute atomic E-state index is 0.158. The Labute approximate surface area is 335 Å². The molecule has 312 valence electrons. The van der Waals surface area contributed by atoms with Crippen LogP contribution in [0.2, 0.25) is 0 Å². The highest BCUT2D eigenvalue weighted by Crippen LogP contribution is 2.42. The smallest absolute Gasteiger partial charge is 0.462 e. The van der Waals surface area contributed by atoms with Crippen LogP contribution in [0.15, 0.2) is 97.2 Å². The number of unbranched alkanes of at least 4 members (excludes halogenated alkanes) is 10. The zero-order valence-corrected chi connectivity index (χ0v) is 35.4. The molecule has 0 aromatic carbocycles. The molecule has 9 heteroatoms. The maximum atomic E-state index is 12.5. The van der Waals surface area contributed by atoms with E-state index in [2.05, 4.69) is 110 Å². The molecule has 0 spiro atoms. The lowest BCUT2D eigenvalue weighted by Gasteiger charge is -2.19. The number of rotatable bonds is 37. The Hall–Kier alpha value is -3.03. The third kappa shape index (κ3) is 40.5. The van der Waals surface area contributed by atoms with Gasteiger partial charge in [0.2, 0.25) is 0 Å². The number of hydrogen-bond donors (Lipinski definition) is 1. The van der Waals surface area contributed by atoms with Gasteiger partial charge in [-0.3, -0.25) is 18.6 Å². The van der Waals surface area contributed by atoms with Crippen LogP contribution in [0.25, 0.3) is 0 Å². The fraction of sp³-hybridized carbons (Fsp3) is 0.609. The second kappa shape index (κ2) is 40.6. The van der Waals surface area contributed by atoms with Crippen LogP contribution in [0.5, 0.6) is 0 Å². The Balaban J connectivity index is 4.16. The van der Waals surface area contributed by atoms with Crippen LogP contribution in [0, 0.1) is 0 Å². The molecule has 8 nitrogen and oxygen atoms in total. The molecule has 0 saturated carbocycles. The van der Waals surface area contributed by atoms with Gasteiger partial charge in [-0.15, -0.1) is 0 Å². The predicted octanol–water partition coefficient (Wildman–Crippen LogP) is 13.3. The van der Waals surface area contributed by atoms with E-state index in [9.17, 15) is 19.0 Å². The van der Waals surface area contributed by atoms with Gasteiger partial charge in [-0.25, -0.2) is 4.57 Å². The molecule has 0 aliphatic heterocycles. The Morgan fingerprint density at radius 2 is 0.945 bits per heavy atom. The number of carbonyl (C=O) groups is 2. The molecule has 0 rings (SSSR count). The lowest BCUT2D eigenvalue weighted by Crippen LogP contribution is -2.29. The van der Waals surface area contributed by atoms with E-state index in [0.717, 1.165) is 84.2 Å². The second-order valence-electron chi connectivity index (χ2n) is 13.4. The molecule has 0 bridgehead atoms. The quantitative estimate of drug-likeness (QED) is 0.0287. The molecule has 0 heterocycles. The first kappa shape index (κ1) is 52.0. The summed E-state index contributed by atoms with van der Waals surface area (Å²) in [4.78, 5) is 34.4. The summed E-state index contributed by atoms with van der Waals surface area (Å²) in [6.45, 7) is 3.67. The molecule has 0 fully saturated rings. The minimum Gasteiger partial charge on any atom is -0.462 e. The standard InChI is InChI=1S/C46H75O8P/c1-4-6-8-10-12-14-16-18-20-22-23-25-26-28-30-32-34-36-38-40-45(47)52-42-44(43-53-55(49,50)51-3)54-46(48)41-39-37-35-33-31-29-27-24-21-19-17-15-13-11-9-7-5-2/h7,9,12-15,18-21,23,25,27,29,33,35,44H,4-6,8,10-11,16-17,22,24,26,28,30-32,34,36-43H2,1-3H3,(H,49,50)/b9-7-,14-12-,15-13-,20-18-,21-19-,25-23-,29-27-,35-33-. The molecular formula is C46H75O8P. The Morgan fingerprint density at radius 1 is 0.527 bits per heavy atom. The van der Waals surface area contributed by atoms with Crippen LogP contribution in [-0.2, 0) is 32.7 Å². The summed E-state index contributed by atoms with van der Waals surface area (Å²) in [6.07, 6.45) is 54.6. The number of ether oxygens (including phenoxy) is 2. The number of phosphoric ester groups is 1. The third-order valence-corrected chi connectivity index (χ3v) is 9.25. The van der Waals surface area contributed by atoms with Crippen molar-refractivity contribution < 1.29 is 37.6 Å². The maximum absolute atomic E-state index is 12.5. The number of hydrogen-bond acceptors (Lipinski definition) is 7. The van der Waals surface area contributed by atoms with E-state index < -0.39 is 32.5 Å². The lowest BCUT2D eigenvalue weighted by molar-refractivity contribution is -0.161. The van der Waals surface area contributed by atoms with E-state index in [1.165, 1.54) is 32.1 Å². The van der Waals surface area contributed by atoms with Gasteiger partial charge >= 0.3 is 19.8 Å². The molecule has 2 unspecified atom stereocenters. The van der Waals surface area contributed by atoms with E-state index in [1.807, 2.05) is 6.08 Å². The molecule has 0 radical (unpaired) electrons. The van der Waals surface area contributed by atoms with Crippen LogP contribution >= 0.6 is 7.82 Å². The van der Waals surface area contributed by atoms with Crippen molar-refractivity contribution >= 4 is 19.8 Å². The van der Waals surface area contributed by atoms with E-state index >= 15 is 0 Å². The minimum atomic E-state index is -4.29. The van der Waals surface area contributed by atoms with Gasteiger partial charge in [0.15, 0.2) is 6.10 Å². The molecule has 0 aromatic rings. The van der Waals surface area contributed by atoms with Crippen LogP contribution in [0.3, 0.4) is 0 Å². The topological polar surface area (TPSA) is 108 Å². The Bertz CT molecular complexity index is 1210. The van der Waals surface area contributed by atoms with Crippen molar-refractivity contribution in [1.29, 1.82) is 0 Å². The van der Waals surface area contributed by atoms with Crippen molar-refractivity contribution in [3.8, 4) is 0 Å². The number of carbonyl (C=O) groups excluding carboxylic acids is 2. The average Bonchev–Trinajstić information content (AvgIpc) is 3.18. The number of esters is 2. The van der Waals surface area contributed by atoms with Crippen molar-refractivity contribution in [3.05, 3.63) is 97.2 Å². The van der Waals surface area contributed by atoms with E-state index in [0.29, 0.717) is 19.3 Å². The largest absolute Gasteiger partial charge is 0.472 e. The number of phosphoric acid groups is 1. The third-order valence-electron chi connectivity index (χ3n) is 8.31. The zero-order valence-electron chi connectivity index (χ0n) is 34.5. The van der Waals surface area contributed by atoms with Crippen LogP contribution < -0.4 is 0 Å². The van der Waals surface area contributed by atoms with Crippen molar-refractivity contribution in [2.24, 2.45) is 0 Å². The molecule has 0 aliphatic rings. The average molecular weight is 787 g/mol. The van der Waals surface area contributed by atoms with Gasteiger partial charge in [-0.1, -0.05) is 150 Å². The van der Waals surface area contributed by atoms with Gasteiger partial charge in [-0.2, -0.15) is 0 Å². The van der Waals surface area contributed by atoms with Crippen molar-refractivity contribution in [2.75, 3.05) is 20.3 Å².